The molecule has 1 aromatic rings. The number of phosphoric ester groups is 1. The summed E-state index contributed by atoms with van der Waals surface area (Å²) in [5, 5.41) is 0. The molecule has 1 aromatic heterocycles. The van der Waals surface area contributed by atoms with E-state index in [1.54, 1.807) is 0 Å². The number of hydrogen-bond acceptors (Lipinski definition) is 9. The van der Waals surface area contributed by atoms with E-state index in [1.165, 1.54) is 0 Å². The number of H-pyrrole nitrogens is 1. The van der Waals surface area contributed by atoms with Gasteiger partial charge in [0.15, 0.2) is 11.0 Å². The van der Waals surface area contributed by atoms with E-state index < -0.39 is 66.4 Å². The number of nitrogens with zero attached hydrogens (tertiary/aromatic N) is 1. The van der Waals surface area contributed by atoms with Crippen molar-refractivity contribution in [1.82, 2.24) is 9.55 Å². The monoisotopic (exact) mass is 504 g/mol. The van der Waals surface area contributed by atoms with Gasteiger partial charge in [-0.2, -0.15) is 13.0 Å². The van der Waals surface area contributed by atoms with Crippen molar-refractivity contribution in [2.45, 2.75) is 24.9 Å². The molecular weight excluding hydrogens is 491 g/mol. The molecule has 5 unspecified atom stereocenters. The molecule has 2 rings (SSSR count). The van der Waals surface area contributed by atoms with Crippen LogP contribution in [0.25, 0.3) is 0 Å². The number of phosphoric acid groups is 3. The summed E-state index contributed by atoms with van der Waals surface area (Å²) >= 11 is 4.78. The van der Waals surface area contributed by atoms with Crippen molar-refractivity contribution in [3.63, 3.8) is 0 Å². The molecule has 14 nitrogen and oxygen atoms in total. The standard InChI is InChI=1S/C9H13F2N2O12P3S/c10-5-1-4(23-8(5)13-2-6(11)7(14)12-9(13)29)3-22-27(18,19)25-28(20,21)24-26(15,16)17/h2,4-5,8H,1,3H2,(H,18,19)(H,20,21)(H,12,14,29)(H2,15,16,17). The Kier molecular flexibility index (Phi) is 7.49. The van der Waals surface area contributed by atoms with Crippen molar-refractivity contribution < 1.29 is 59.9 Å². The minimum Gasteiger partial charge on any atom is -0.349 e. The molecule has 1 saturated heterocycles. The van der Waals surface area contributed by atoms with Crippen LogP contribution in [0.4, 0.5) is 8.78 Å². The summed E-state index contributed by atoms with van der Waals surface area (Å²) in [7, 11) is -16.6. The molecular formula is C9H13F2N2O12P3S. The average molecular weight is 504 g/mol. The third-order valence-electron chi connectivity index (χ3n) is 3.17. The predicted octanol–water partition coefficient (Wildman–Crippen LogP) is 1.01. The Hall–Kier alpha value is -0.670. The first kappa shape index (κ1) is 24.6. The highest BCUT2D eigenvalue weighted by atomic mass is 32.1. The lowest BCUT2D eigenvalue weighted by Gasteiger charge is -2.19. The van der Waals surface area contributed by atoms with E-state index in [0.717, 1.165) is 4.57 Å². The second-order valence-electron chi connectivity index (χ2n) is 5.43. The Balaban J connectivity index is 2.02. The van der Waals surface area contributed by atoms with E-state index in [1.807, 2.05) is 4.98 Å². The molecule has 5 atom stereocenters. The molecule has 0 aliphatic carbocycles. The van der Waals surface area contributed by atoms with Crippen LogP contribution in [0.3, 0.4) is 0 Å². The Morgan fingerprint density at radius 2 is 1.86 bits per heavy atom. The third kappa shape index (κ3) is 7.21. The molecule has 29 heavy (non-hydrogen) atoms. The van der Waals surface area contributed by atoms with Crippen molar-refractivity contribution in [3.05, 3.63) is 27.1 Å². The number of ether oxygens (including phenoxy) is 1. The van der Waals surface area contributed by atoms with Gasteiger partial charge in [-0.15, -0.1) is 0 Å². The smallest absolute Gasteiger partial charge is 0.349 e. The van der Waals surface area contributed by atoms with Crippen LogP contribution in [0.1, 0.15) is 12.6 Å². The quantitative estimate of drug-likeness (QED) is 0.248. The normalized spacial score (nSPS) is 26.8. The maximum absolute atomic E-state index is 14.2. The fraction of sp³-hybridized carbons (Fsp3) is 0.556. The first-order valence-corrected chi connectivity index (χ1v) is 12.1. The fourth-order valence-corrected chi connectivity index (χ4v) is 5.48. The van der Waals surface area contributed by atoms with E-state index in [9.17, 15) is 32.2 Å². The van der Waals surface area contributed by atoms with Gasteiger partial charge < -0.3 is 24.3 Å². The lowest BCUT2D eigenvalue weighted by atomic mass is 10.2. The zero-order valence-corrected chi connectivity index (χ0v) is 17.2. The summed E-state index contributed by atoms with van der Waals surface area (Å²) in [6, 6.07) is 0. The molecule has 0 amide bonds. The second-order valence-corrected chi connectivity index (χ2v) is 10.2. The van der Waals surface area contributed by atoms with Gasteiger partial charge in [-0.05, 0) is 12.2 Å². The lowest BCUT2D eigenvalue weighted by Crippen LogP contribution is -2.23. The van der Waals surface area contributed by atoms with Crippen molar-refractivity contribution in [2.75, 3.05) is 6.61 Å². The van der Waals surface area contributed by atoms with Crippen LogP contribution in [0.15, 0.2) is 11.0 Å². The number of aromatic amines is 1. The predicted molar refractivity (Wildman–Crippen MR) is 89.1 cm³/mol. The molecule has 5 N–H and O–H groups in total. The molecule has 1 fully saturated rings. The third-order valence-corrected chi connectivity index (χ3v) is 7.28. The van der Waals surface area contributed by atoms with Gasteiger partial charge in [-0.25, -0.2) is 18.1 Å². The maximum atomic E-state index is 14.2. The molecule has 166 valence electrons. The number of nitrogens with one attached hydrogen (secondary N) is 1. The van der Waals surface area contributed by atoms with E-state index in [-0.39, 0.29) is 4.77 Å². The lowest BCUT2D eigenvalue weighted by molar-refractivity contribution is -0.0383. The van der Waals surface area contributed by atoms with Crippen molar-refractivity contribution >= 4 is 35.7 Å². The van der Waals surface area contributed by atoms with E-state index >= 15 is 0 Å². The van der Waals surface area contributed by atoms with Crippen LogP contribution in [-0.2, 0) is 31.6 Å². The minimum atomic E-state index is -5.70. The van der Waals surface area contributed by atoms with E-state index in [0.29, 0.717) is 6.20 Å². The second kappa shape index (κ2) is 8.83. The van der Waals surface area contributed by atoms with Gasteiger partial charge in [0.2, 0.25) is 5.82 Å². The van der Waals surface area contributed by atoms with Crippen molar-refractivity contribution in [2.24, 2.45) is 0 Å². The fourth-order valence-electron chi connectivity index (χ4n) is 2.18. The van der Waals surface area contributed by atoms with Gasteiger partial charge in [0, 0.05) is 6.42 Å². The highest BCUT2D eigenvalue weighted by Gasteiger charge is 2.43. The minimum absolute atomic E-state index is 0.363. The van der Waals surface area contributed by atoms with Crippen LogP contribution in [0.2, 0.25) is 0 Å². The largest absolute Gasteiger partial charge is 0.490 e. The molecule has 0 saturated carbocycles. The summed E-state index contributed by atoms with van der Waals surface area (Å²) in [4.78, 5) is 48.3. The van der Waals surface area contributed by atoms with Crippen LogP contribution >= 0.6 is 35.7 Å². The van der Waals surface area contributed by atoms with Gasteiger partial charge >= 0.3 is 23.5 Å². The zero-order chi connectivity index (χ0) is 22.2. The summed E-state index contributed by atoms with van der Waals surface area (Å²) in [6.45, 7) is -0.889. The summed E-state index contributed by atoms with van der Waals surface area (Å²) in [5.74, 6) is -1.27. The highest BCUT2D eigenvalue weighted by Crippen LogP contribution is 2.66. The van der Waals surface area contributed by atoms with Gasteiger partial charge in [-0.1, -0.05) is 0 Å². The number of halogens is 2. The topological polar surface area (TPSA) is 207 Å². The van der Waals surface area contributed by atoms with Gasteiger partial charge in [0.25, 0.3) is 5.56 Å². The van der Waals surface area contributed by atoms with Gasteiger partial charge in [0.05, 0.1) is 18.9 Å². The van der Waals surface area contributed by atoms with Crippen LogP contribution < -0.4 is 5.56 Å². The van der Waals surface area contributed by atoms with E-state index in [4.69, 9.17) is 31.6 Å². The number of aromatic nitrogens is 2. The SMILES string of the molecule is O=c1[nH]c(=S)n(C2OC(COP(=O)(O)OP(=O)(O)OP(=O)(O)O)CC2F)cc1F. The van der Waals surface area contributed by atoms with Crippen LogP contribution in [-0.4, -0.2) is 48.0 Å². The van der Waals surface area contributed by atoms with Crippen molar-refractivity contribution in [1.29, 1.82) is 0 Å². The van der Waals surface area contributed by atoms with Gasteiger partial charge in [0.1, 0.15) is 6.17 Å². The average Bonchev–Trinajstić information content (AvgIpc) is 2.86. The number of rotatable bonds is 8. The molecule has 0 bridgehead atoms. The van der Waals surface area contributed by atoms with Crippen LogP contribution in [0.5, 0.6) is 0 Å². The maximum Gasteiger partial charge on any atom is 0.490 e. The molecule has 0 aromatic carbocycles. The summed E-state index contributed by atoms with van der Waals surface area (Å²) < 4.78 is 77.9. The van der Waals surface area contributed by atoms with Crippen LogP contribution in [0, 0.1) is 10.6 Å². The molecule has 0 radical (unpaired) electrons. The summed E-state index contributed by atoms with van der Waals surface area (Å²) in [6.07, 6.45) is -4.45. The molecule has 1 aliphatic rings. The molecule has 20 heteroatoms. The molecule has 1 aliphatic heterocycles. The molecule has 2 heterocycles. The Labute approximate surface area is 164 Å². The van der Waals surface area contributed by atoms with Crippen molar-refractivity contribution in [3.8, 4) is 0 Å². The first-order valence-electron chi connectivity index (χ1n) is 7.17. The Morgan fingerprint density at radius 1 is 1.24 bits per heavy atom. The Bertz CT molecular complexity index is 1020. The number of alkyl halides is 1. The summed E-state index contributed by atoms with van der Waals surface area (Å²) in [5.41, 5.74) is -1.14. The first-order chi connectivity index (χ1) is 13.1. The highest BCUT2D eigenvalue weighted by molar-refractivity contribution is 7.71. The van der Waals surface area contributed by atoms with E-state index in [2.05, 4.69) is 13.1 Å². The molecule has 0 spiro atoms. The number of hydrogen-bond donors (Lipinski definition) is 5. The van der Waals surface area contributed by atoms with Gasteiger partial charge in [-0.3, -0.25) is 18.9 Å². The Morgan fingerprint density at radius 3 is 2.45 bits per heavy atom. The zero-order valence-electron chi connectivity index (χ0n) is 13.7.